The predicted octanol–water partition coefficient (Wildman–Crippen LogP) is 1.05. The van der Waals surface area contributed by atoms with Gasteiger partial charge in [0, 0.05) is 45.8 Å². The van der Waals surface area contributed by atoms with Gasteiger partial charge in [0.2, 0.25) is 11.8 Å². The number of hydrogen-bond donors (Lipinski definition) is 2. The van der Waals surface area contributed by atoms with Crippen molar-refractivity contribution in [3.8, 4) is 0 Å². The van der Waals surface area contributed by atoms with Gasteiger partial charge in [0.1, 0.15) is 0 Å². The molecule has 1 aliphatic rings. The molecule has 0 saturated carbocycles. The fourth-order valence-electron chi connectivity index (χ4n) is 2.60. The van der Waals surface area contributed by atoms with Crippen LogP contribution in [0, 0.1) is 11.8 Å². The van der Waals surface area contributed by atoms with Crippen molar-refractivity contribution in [3.63, 3.8) is 0 Å². The van der Waals surface area contributed by atoms with E-state index < -0.39 is 0 Å². The first kappa shape index (κ1) is 22.1. The Bertz CT molecular complexity index is 355. The molecule has 0 aromatic heterocycles. The normalized spacial score (nSPS) is 18.9. The Morgan fingerprint density at radius 2 is 2.04 bits per heavy atom. The van der Waals surface area contributed by atoms with E-state index in [1.54, 1.807) is 7.11 Å². The van der Waals surface area contributed by atoms with Crippen LogP contribution in [0.15, 0.2) is 0 Å². The van der Waals surface area contributed by atoms with Gasteiger partial charge >= 0.3 is 0 Å². The summed E-state index contributed by atoms with van der Waals surface area (Å²) in [6.07, 6.45) is 2.62. The minimum absolute atomic E-state index is 0. The third-order valence-corrected chi connectivity index (χ3v) is 4.22. The lowest BCUT2D eigenvalue weighted by molar-refractivity contribution is -0.138. The quantitative estimate of drug-likeness (QED) is 0.610. The Kier molecular flexibility index (Phi) is 12.1. The van der Waals surface area contributed by atoms with Gasteiger partial charge in [0.15, 0.2) is 0 Å². The van der Waals surface area contributed by atoms with Gasteiger partial charge in [-0.15, -0.1) is 12.4 Å². The Hall–Kier alpha value is -0.850. The predicted molar refractivity (Wildman–Crippen MR) is 93.8 cm³/mol. The zero-order valence-electron chi connectivity index (χ0n) is 14.6. The number of carbonyl (C=O) groups is 2. The molecule has 6 nitrogen and oxygen atoms in total. The van der Waals surface area contributed by atoms with Crippen LogP contribution in [0.4, 0.5) is 0 Å². The van der Waals surface area contributed by atoms with Gasteiger partial charge in [-0.05, 0) is 19.3 Å². The summed E-state index contributed by atoms with van der Waals surface area (Å²) in [5, 5.41) is 6.14. The second kappa shape index (κ2) is 12.6. The van der Waals surface area contributed by atoms with E-state index in [1.165, 1.54) is 0 Å². The van der Waals surface area contributed by atoms with Gasteiger partial charge in [0.25, 0.3) is 0 Å². The summed E-state index contributed by atoms with van der Waals surface area (Å²) in [4.78, 5) is 26.3. The highest BCUT2D eigenvalue weighted by atomic mass is 35.5. The van der Waals surface area contributed by atoms with Gasteiger partial charge in [0.05, 0.1) is 12.5 Å². The average Bonchev–Trinajstić information content (AvgIpc) is 2.56. The van der Waals surface area contributed by atoms with Gasteiger partial charge in [-0.1, -0.05) is 13.8 Å². The lowest BCUT2D eigenvalue weighted by Crippen LogP contribution is -2.47. The summed E-state index contributed by atoms with van der Waals surface area (Å²) in [6.45, 7) is 8.12. The van der Waals surface area contributed by atoms with Crippen molar-refractivity contribution in [3.05, 3.63) is 0 Å². The minimum atomic E-state index is -0.0688. The first-order chi connectivity index (χ1) is 10.6. The number of piperidine rings is 1. The van der Waals surface area contributed by atoms with Gasteiger partial charge in [-0.3, -0.25) is 9.59 Å². The number of carbonyl (C=O) groups excluding carboxylic acids is 2. The summed E-state index contributed by atoms with van der Waals surface area (Å²) in [6, 6.07) is 0. The van der Waals surface area contributed by atoms with Gasteiger partial charge < -0.3 is 20.3 Å². The molecule has 136 valence electrons. The summed E-state index contributed by atoms with van der Waals surface area (Å²) >= 11 is 0. The van der Waals surface area contributed by atoms with Crippen LogP contribution in [0.1, 0.15) is 33.1 Å². The van der Waals surface area contributed by atoms with E-state index in [0.29, 0.717) is 19.7 Å². The molecule has 0 radical (unpaired) electrons. The van der Waals surface area contributed by atoms with Crippen molar-refractivity contribution >= 4 is 24.2 Å². The van der Waals surface area contributed by atoms with Crippen molar-refractivity contribution in [1.82, 2.24) is 15.5 Å². The number of methoxy groups -OCH3 is 1. The Balaban J connectivity index is 0.00000484. The summed E-state index contributed by atoms with van der Waals surface area (Å²) in [7, 11) is 1.67. The second-order valence-corrected chi connectivity index (χ2v) is 5.97. The summed E-state index contributed by atoms with van der Waals surface area (Å²) < 4.78 is 4.94. The number of halogens is 1. The summed E-state index contributed by atoms with van der Waals surface area (Å²) in [5.41, 5.74) is 0. The number of hydrogen-bond acceptors (Lipinski definition) is 4. The lowest BCUT2D eigenvalue weighted by Gasteiger charge is -2.33. The van der Waals surface area contributed by atoms with Crippen LogP contribution in [-0.2, 0) is 14.3 Å². The third-order valence-electron chi connectivity index (χ3n) is 4.22. The van der Waals surface area contributed by atoms with Crippen LogP contribution in [0.25, 0.3) is 0 Å². The molecule has 0 aromatic rings. The Morgan fingerprint density at radius 1 is 1.30 bits per heavy atom. The topological polar surface area (TPSA) is 70.7 Å². The van der Waals surface area contributed by atoms with E-state index in [0.717, 1.165) is 38.9 Å². The first-order valence-electron chi connectivity index (χ1n) is 8.36. The van der Waals surface area contributed by atoms with Crippen LogP contribution >= 0.6 is 12.4 Å². The molecule has 0 aliphatic carbocycles. The molecule has 1 rings (SSSR count). The second-order valence-electron chi connectivity index (χ2n) is 5.97. The monoisotopic (exact) mass is 349 g/mol. The zero-order chi connectivity index (χ0) is 16.4. The van der Waals surface area contributed by atoms with Crippen molar-refractivity contribution in [2.24, 2.45) is 11.8 Å². The molecule has 1 aliphatic heterocycles. The highest BCUT2D eigenvalue weighted by Crippen LogP contribution is 2.19. The van der Waals surface area contributed by atoms with Crippen molar-refractivity contribution < 1.29 is 14.3 Å². The lowest BCUT2D eigenvalue weighted by atomic mass is 9.95. The SMILES string of the molecule is CCC(C)C(=O)N1CCCC(C(=O)NCCNCCOC)C1.Cl. The Morgan fingerprint density at radius 3 is 2.70 bits per heavy atom. The maximum atomic E-state index is 12.2. The fourth-order valence-corrected chi connectivity index (χ4v) is 2.60. The maximum absolute atomic E-state index is 12.2. The molecule has 2 N–H and O–H groups in total. The number of likely N-dealkylation sites (tertiary alicyclic amines) is 1. The first-order valence-corrected chi connectivity index (χ1v) is 8.36. The van der Waals surface area contributed by atoms with Crippen LogP contribution in [-0.4, -0.2) is 63.2 Å². The molecule has 2 amide bonds. The minimum Gasteiger partial charge on any atom is -0.383 e. The van der Waals surface area contributed by atoms with Crippen LogP contribution in [0.2, 0.25) is 0 Å². The molecule has 23 heavy (non-hydrogen) atoms. The van der Waals surface area contributed by atoms with Gasteiger partial charge in [-0.25, -0.2) is 0 Å². The molecule has 1 fully saturated rings. The smallest absolute Gasteiger partial charge is 0.225 e. The molecule has 0 bridgehead atoms. The van der Waals surface area contributed by atoms with Crippen LogP contribution < -0.4 is 10.6 Å². The highest BCUT2D eigenvalue weighted by molar-refractivity contribution is 5.85. The summed E-state index contributed by atoms with van der Waals surface area (Å²) in [5.74, 6) is 0.226. The molecule has 7 heteroatoms. The number of amides is 2. The molecule has 1 heterocycles. The molecular formula is C16H32ClN3O3. The van der Waals surface area contributed by atoms with E-state index in [4.69, 9.17) is 4.74 Å². The van der Waals surface area contributed by atoms with E-state index in [-0.39, 0.29) is 36.1 Å². The number of nitrogens with one attached hydrogen (secondary N) is 2. The van der Waals surface area contributed by atoms with Crippen molar-refractivity contribution in [1.29, 1.82) is 0 Å². The molecule has 0 spiro atoms. The molecular weight excluding hydrogens is 318 g/mol. The van der Waals surface area contributed by atoms with Crippen molar-refractivity contribution in [2.75, 3.05) is 46.4 Å². The van der Waals surface area contributed by atoms with E-state index in [9.17, 15) is 9.59 Å². The number of nitrogens with zero attached hydrogens (tertiary/aromatic N) is 1. The maximum Gasteiger partial charge on any atom is 0.225 e. The zero-order valence-corrected chi connectivity index (χ0v) is 15.4. The number of rotatable bonds is 9. The third kappa shape index (κ3) is 7.99. The Labute approximate surface area is 146 Å². The molecule has 2 atom stereocenters. The van der Waals surface area contributed by atoms with Crippen LogP contribution in [0.3, 0.4) is 0 Å². The average molecular weight is 350 g/mol. The van der Waals surface area contributed by atoms with E-state index in [1.807, 2.05) is 18.7 Å². The van der Waals surface area contributed by atoms with Crippen LogP contribution in [0.5, 0.6) is 0 Å². The van der Waals surface area contributed by atoms with Gasteiger partial charge in [-0.2, -0.15) is 0 Å². The van der Waals surface area contributed by atoms with E-state index in [2.05, 4.69) is 10.6 Å². The number of ether oxygens (including phenoxy) is 1. The molecule has 1 saturated heterocycles. The highest BCUT2D eigenvalue weighted by Gasteiger charge is 2.29. The van der Waals surface area contributed by atoms with E-state index >= 15 is 0 Å². The molecule has 2 unspecified atom stereocenters. The largest absolute Gasteiger partial charge is 0.383 e. The fraction of sp³-hybridized carbons (Fsp3) is 0.875. The van der Waals surface area contributed by atoms with Crippen molar-refractivity contribution in [2.45, 2.75) is 33.1 Å². The standard InChI is InChI=1S/C16H31N3O3.ClH/c1-4-13(2)16(21)19-10-5-6-14(12-19)15(20)18-8-7-17-9-11-22-3;/h13-14,17H,4-12H2,1-3H3,(H,18,20);1H. The molecule has 0 aromatic carbocycles.